The fourth-order valence-corrected chi connectivity index (χ4v) is 3.48. The van der Waals surface area contributed by atoms with Crippen molar-refractivity contribution in [1.29, 1.82) is 0 Å². The summed E-state index contributed by atoms with van der Waals surface area (Å²) in [6.07, 6.45) is 2.35. The Kier molecular flexibility index (Phi) is 5.09. The standard InChI is InChI=1S/C20H20ClNO3/c21-16-9-7-15(8-10-16)20(11-4-12-20)19(25)22-17(13-18(23)24)14-5-2-1-3-6-14/h1-3,5-10,17H,4,11-13H2,(H,22,25)(H,23,24)/t17-/m1/s1. The molecule has 0 unspecified atom stereocenters. The molecule has 2 aromatic rings. The van der Waals surface area contributed by atoms with E-state index in [2.05, 4.69) is 5.32 Å². The highest BCUT2D eigenvalue weighted by atomic mass is 35.5. The van der Waals surface area contributed by atoms with Gasteiger partial charge in [0.15, 0.2) is 0 Å². The first kappa shape index (κ1) is 17.5. The minimum atomic E-state index is -0.941. The van der Waals surface area contributed by atoms with Gasteiger partial charge < -0.3 is 10.4 Å². The highest BCUT2D eigenvalue weighted by Crippen LogP contribution is 2.44. The first-order valence-corrected chi connectivity index (χ1v) is 8.73. The summed E-state index contributed by atoms with van der Waals surface area (Å²) in [6.45, 7) is 0. The van der Waals surface area contributed by atoms with E-state index in [-0.39, 0.29) is 12.3 Å². The molecule has 4 nitrogen and oxygen atoms in total. The van der Waals surface area contributed by atoms with Crippen LogP contribution < -0.4 is 5.32 Å². The molecule has 0 radical (unpaired) electrons. The summed E-state index contributed by atoms with van der Waals surface area (Å²) >= 11 is 5.96. The van der Waals surface area contributed by atoms with Crippen LogP contribution in [0.3, 0.4) is 0 Å². The van der Waals surface area contributed by atoms with Crippen LogP contribution in [0.1, 0.15) is 42.9 Å². The second kappa shape index (κ2) is 7.28. The Hall–Kier alpha value is -2.33. The molecule has 1 aliphatic carbocycles. The number of carboxylic acids is 1. The van der Waals surface area contributed by atoms with Crippen molar-refractivity contribution in [3.63, 3.8) is 0 Å². The van der Waals surface area contributed by atoms with Crippen LogP contribution >= 0.6 is 11.6 Å². The van der Waals surface area contributed by atoms with E-state index >= 15 is 0 Å². The molecule has 1 saturated carbocycles. The van der Waals surface area contributed by atoms with Crippen molar-refractivity contribution < 1.29 is 14.7 Å². The summed E-state index contributed by atoms with van der Waals surface area (Å²) in [5.41, 5.74) is 1.14. The number of amides is 1. The highest BCUT2D eigenvalue weighted by molar-refractivity contribution is 6.30. The second-order valence-electron chi connectivity index (χ2n) is 6.48. The second-order valence-corrected chi connectivity index (χ2v) is 6.91. The Morgan fingerprint density at radius 1 is 1.08 bits per heavy atom. The zero-order chi connectivity index (χ0) is 17.9. The fraction of sp³-hybridized carbons (Fsp3) is 0.300. The van der Waals surface area contributed by atoms with E-state index < -0.39 is 17.4 Å². The van der Waals surface area contributed by atoms with Gasteiger partial charge >= 0.3 is 5.97 Å². The maximum absolute atomic E-state index is 13.1. The van der Waals surface area contributed by atoms with Gasteiger partial charge in [0, 0.05) is 5.02 Å². The molecule has 1 aliphatic rings. The van der Waals surface area contributed by atoms with E-state index in [1.54, 1.807) is 12.1 Å². The minimum absolute atomic E-state index is 0.115. The monoisotopic (exact) mass is 357 g/mol. The van der Waals surface area contributed by atoms with Gasteiger partial charge in [-0.15, -0.1) is 0 Å². The number of hydrogen-bond acceptors (Lipinski definition) is 2. The molecule has 130 valence electrons. The Bertz CT molecular complexity index is 754. The Morgan fingerprint density at radius 2 is 1.72 bits per heavy atom. The molecule has 0 spiro atoms. The molecule has 0 heterocycles. The van der Waals surface area contributed by atoms with Gasteiger partial charge in [0.25, 0.3) is 0 Å². The number of rotatable bonds is 6. The summed E-state index contributed by atoms with van der Waals surface area (Å²) in [4.78, 5) is 24.3. The third kappa shape index (κ3) is 3.69. The quantitative estimate of drug-likeness (QED) is 0.818. The van der Waals surface area contributed by atoms with E-state index in [4.69, 9.17) is 11.6 Å². The number of aliphatic carboxylic acids is 1. The van der Waals surface area contributed by atoms with Crippen LogP contribution in [0.25, 0.3) is 0 Å². The van der Waals surface area contributed by atoms with Crippen LogP contribution in [-0.2, 0) is 15.0 Å². The molecule has 1 fully saturated rings. The van der Waals surface area contributed by atoms with Crippen LogP contribution in [0.15, 0.2) is 54.6 Å². The molecule has 1 amide bonds. The van der Waals surface area contributed by atoms with Gasteiger partial charge in [0.1, 0.15) is 0 Å². The van der Waals surface area contributed by atoms with E-state index in [1.165, 1.54) is 0 Å². The van der Waals surface area contributed by atoms with Gasteiger partial charge in [-0.1, -0.05) is 60.5 Å². The molecule has 3 rings (SSSR count). The third-order valence-electron chi connectivity index (χ3n) is 4.92. The molecule has 5 heteroatoms. The Balaban J connectivity index is 1.84. The molecule has 1 atom stereocenters. The van der Waals surface area contributed by atoms with Gasteiger partial charge in [-0.25, -0.2) is 0 Å². The maximum Gasteiger partial charge on any atom is 0.305 e. The van der Waals surface area contributed by atoms with Crippen LogP contribution in [-0.4, -0.2) is 17.0 Å². The molecule has 2 aromatic carbocycles. The number of nitrogens with one attached hydrogen (secondary N) is 1. The first-order valence-electron chi connectivity index (χ1n) is 8.35. The van der Waals surface area contributed by atoms with Crippen molar-refractivity contribution >= 4 is 23.5 Å². The zero-order valence-electron chi connectivity index (χ0n) is 13.7. The van der Waals surface area contributed by atoms with E-state index in [9.17, 15) is 14.7 Å². The summed E-state index contributed by atoms with van der Waals surface area (Å²) in [7, 11) is 0. The van der Waals surface area contributed by atoms with Gasteiger partial charge in [0.05, 0.1) is 17.9 Å². The van der Waals surface area contributed by atoms with Gasteiger partial charge in [-0.05, 0) is 36.1 Å². The first-order chi connectivity index (χ1) is 12.0. The average Bonchev–Trinajstić information content (AvgIpc) is 2.55. The van der Waals surface area contributed by atoms with Crippen molar-refractivity contribution in [2.24, 2.45) is 0 Å². The van der Waals surface area contributed by atoms with Crippen LogP contribution in [0.2, 0.25) is 5.02 Å². The van der Waals surface area contributed by atoms with Crippen LogP contribution in [0.5, 0.6) is 0 Å². The molecule has 0 bridgehead atoms. The topological polar surface area (TPSA) is 66.4 Å². The van der Waals surface area contributed by atoms with E-state index in [1.807, 2.05) is 42.5 Å². The van der Waals surface area contributed by atoms with Crippen molar-refractivity contribution in [2.45, 2.75) is 37.1 Å². The van der Waals surface area contributed by atoms with Crippen LogP contribution in [0, 0.1) is 0 Å². The lowest BCUT2D eigenvalue weighted by Crippen LogP contribution is -2.50. The summed E-state index contributed by atoms with van der Waals surface area (Å²) < 4.78 is 0. The maximum atomic E-state index is 13.1. The SMILES string of the molecule is O=C(O)C[C@@H](NC(=O)C1(c2ccc(Cl)cc2)CCC1)c1ccccc1. The lowest BCUT2D eigenvalue weighted by molar-refractivity contribution is -0.138. The van der Waals surface area contributed by atoms with Crippen molar-refractivity contribution in [3.8, 4) is 0 Å². The zero-order valence-corrected chi connectivity index (χ0v) is 14.5. The number of halogens is 1. The lowest BCUT2D eigenvalue weighted by Gasteiger charge is -2.41. The van der Waals surface area contributed by atoms with Gasteiger partial charge in [-0.2, -0.15) is 0 Å². The van der Waals surface area contributed by atoms with Crippen molar-refractivity contribution in [3.05, 3.63) is 70.7 Å². The Labute approximate surface area is 151 Å². The molecular formula is C20H20ClNO3. The Morgan fingerprint density at radius 3 is 2.24 bits per heavy atom. The van der Waals surface area contributed by atoms with Gasteiger partial charge in [0.2, 0.25) is 5.91 Å². The molecule has 2 N–H and O–H groups in total. The molecule has 0 aromatic heterocycles. The number of hydrogen-bond donors (Lipinski definition) is 2. The van der Waals surface area contributed by atoms with E-state index in [0.29, 0.717) is 5.02 Å². The largest absolute Gasteiger partial charge is 0.481 e. The highest BCUT2D eigenvalue weighted by Gasteiger charge is 2.46. The predicted octanol–water partition coefficient (Wildman–Crippen LogP) is 4.09. The smallest absolute Gasteiger partial charge is 0.305 e. The summed E-state index contributed by atoms with van der Waals surface area (Å²) in [6, 6.07) is 16.0. The molecule has 25 heavy (non-hydrogen) atoms. The average molecular weight is 358 g/mol. The summed E-state index contributed by atoms with van der Waals surface area (Å²) in [5.74, 6) is -1.06. The molecule has 0 saturated heterocycles. The number of benzene rings is 2. The normalized spacial score (nSPS) is 16.5. The number of carbonyl (C=O) groups excluding carboxylic acids is 1. The summed E-state index contributed by atoms with van der Waals surface area (Å²) in [5, 5.41) is 12.8. The van der Waals surface area contributed by atoms with Crippen molar-refractivity contribution in [2.75, 3.05) is 0 Å². The van der Waals surface area contributed by atoms with Crippen molar-refractivity contribution in [1.82, 2.24) is 5.32 Å². The fourth-order valence-electron chi connectivity index (χ4n) is 3.35. The minimum Gasteiger partial charge on any atom is -0.481 e. The molecule has 0 aliphatic heterocycles. The number of carboxylic acid groups (broad SMARTS) is 1. The number of carbonyl (C=O) groups is 2. The third-order valence-corrected chi connectivity index (χ3v) is 5.18. The van der Waals surface area contributed by atoms with E-state index in [0.717, 1.165) is 30.4 Å². The van der Waals surface area contributed by atoms with Crippen LogP contribution in [0.4, 0.5) is 0 Å². The van der Waals surface area contributed by atoms with Gasteiger partial charge in [-0.3, -0.25) is 9.59 Å². The lowest BCUT2D eigenvalue weighted by atomic mass is 9.63. The predicted molar refractivity (Wildman–Crippen MR) is 96.6 cm³/mol. The molecular weight excluding hydrogens is 338 g/mol.